The van der Waals surface area contributed by atoms with Crippen LogP contribution in [-0.2, 0) is 11.3 Å². The summed E-state index contributed by atoms with van der Waals surface area (Å²) in [5, 5.41) is 10.3. The molecule has 2 aromatic heterocycles. The number of carbonyl (C=O) groups excluding carboxylic acids is 2. The Bertz CT molecular complexity index is 1450. The molecule has 0 atom stereocenters. The first-order valence-corrected chi connectivity index (χ1v) is 12.2. The van der Waals surface area contributed by atoms with E-state index >= 15 is 0 Å². The molecule has 0 spiro atoms. The van der Waals surface area contributed by atoms with Crippen molar-refractivity contribution in [2.45, 2.75) is 25.4 Å². The molecule has 3 amide bonds. The molecule has 1 aliphatic carbocycles. The monoisotopic (exact) mass is 508 g/mol. The second-order valence-electron chi connectivity index (χ2n) is 9.01. The maximum atomic E-state index is 13.9. The SMILES string of the molecule is C=C/C=C(\C=C)CN1Cc2cnc(Nc3cnn(C4CC4)c3)nc2N(c2cccc(NC(=O)C=C)c2)C1=O. The summed E-state index contributed by atoms with van der Waals surface area (Å²) in [4.78, 5) is 38.2. The number of aromatic nitrogens is 4. The van der Waals surface area contributed by atoms with Crippen LogP contribution >= 0.6 is 0 Å². The summed E-state index contributed by atoms with van der Waals surface area (Å²) in [5.41, 5.74) is 3.45. The zero-order chi connectivity index (χ0) is 26.6. The van der Waals surface area contributed by atoms with Crippen molar-refractivity contribution in [3.8, 4) is 0 Å². The van der Waals surface area contributed by atoms with Crippen LogP contribution in [0.1, 0.15) is 24.4 Å². The van der Waals surface area contributed by atoms with Crippen LogP contribution in [0.25, 0.3) is 0 Å². The highest BCUT2D eigenvalue weighted by Crippen LogP contribution is 2.37. The van der Waals surface area contributed by atoms with Crippen molar-refractivity contribution in [2.24, 2.45) is 0 Å². The lowest BCUT2D eigenvalue weighted by Crippen LogP contribution is -2.46. The molecule has 10 nitrogen and oxygen atoms in total. The van der Waals surface area contributed by atoms with Crippen molar-refractivity contribution in [2.75, 3.05) is 22.1 Å². The number of benzene rings is 1. The smallest absolute Gasteiger partial charge is 0.322 e. The van der Waals surface area contributed by atoms with Crippen LogP contribution in [0.2, 0.25) is 0 Å². The van der Waals surface area contributed by atoms with E-state index in [2.05, 4.69) is 40.5 Å². The molecule has 3 aromatic rings. The second-order valence-corrected chi connectivity index (χ2v) is 9.01. The Morgan fingerprint density at radius 1 is 1.13 bits per heavy atom. The fraction of sp³-hybridized carbons (Fsp3) is 0.179. The van der Waals surface area contributed by atoms with E-state index in [1.54, 1.807) is 53.7 Å². The van der Waals surface area contributed by atoms with Crippen LogP contribution in [-0.4, -0.2) is 43.1 Å². The van der Waals surface area contributed by atoms with Crippen molar-refractivity contribution in [3.05, 3.63) is 98.0 Å². The summed E-state index contributed by atoms with van der Waals surface area (Å²) in [7, 11) is 0. The van der Waals surface area contributed by atoms with Crippen molar-refractivity contribution < 1.29 is 9.59 Å². The van der Waals surface area contributed by atoms with Gasteiger partial charge in [0.2, 0.25) is 11.9 Å². The van der Waals surface area contributed by atoms with Crippen LogP contribution in [0.3, 0.4) is 0 Å². The predicted octanol–water partition coefficient (Wildman–Crippen LogP) is 5.25. The Labute approximate surface area is 220 Å². The number of urea groups is 1. The van der Waals surface area contributed by atoms with E-state index in [4.69, 9.17) is 4.98 Å². The molecule has 1 fully saturated rings. The fourth-order valence-corrected chi connectivity index (χ4v) is 4.17. The minimum Gasteiger partial charge on any atom is -0.322 e. The molecule has 38 heavy (non-hydrogen) atoms. The summed E-state index contributed by atoms with van der Waals surface area (Å²) in [6.07, 6.45) is 14.0. The quantitative estimate of drug-likeness (QED) is 0.286. The van der Waals surface area contributed by atoms with Crippen molar-refractivity contribution >= 4 is 40.8 Å². The van der Waals surface area contributed by atoms with E-state index < -0.39 is 0 Å². The van der Waals surface area contributed by atoms with E-state index in [1.165, 1.54) is 11.0 Å². The summed E-state index contributed by atoms with van der Waals surface area (Å²) < 4.78 is 1.94. The fourth-order valence-electron chi connectivity index (χ4n) is 4.17. The minimum absolute atomic E-state index is 0.271. The van der Waals surface area contributed by atoms with Crippen molar-refractivity contribution in [1.29, 1.82) is 0 Å². The highest BCUT2D eigenvalue weighted by atomic mass is 16.2. The van der Waals surface area contributed by atoms with Crippen LogP contribution in [0.15, 0.2) is 92.5 Å². The maximum absolute atomic E-state index is 13.9. The lowest BCUT2D eigenvalue weighted by atomic mass is 10.1. The molecule has 1 aromatic carbocycles. The average molecular weight is 509 g/mol. The Kier molecular flexibility index (Phi) is 6.86. The van der Waals surface area contributed by atoms with Gasteiger partial charge in [0, 0.05) is 30.2 Å². The molecule has 1 saturated carbocycles. The summed E-state index contributed by atoms with van der Waals surface area (Å²) in [5.74, 6) is 0.457. The molecule has 2 N–H and O–H groups in total. The molecule has 2 aliphatic rings. The normalized spacial score (nSPS) is 15.1. The Balaban J connectivity index is 1.51. The predicted molar refractivity (Wildman–Crippen MR) is 148 cm³/mol. The number of amides is 3. The van der Waals surface area contributed by atoms with Gasteiger partial charge in [-0.3, -0.25) is 9.48 Å². The topological polar surface area (TPSA) is 108 Å². The molecule has 1 aliphatic heterocycles. The third kappa shape index (κ3) is 5.24. The number of hydrogen-bond donors (Lipinski definition) is 2. The first-order valence-electron chi connectivity index (χ1n) is 12.2. The van der Waals surface area contributed by atoms with E-state index in [9.17, 15) is 9.59 Å². The summed E-state index contributed by atoms with van der Waals surface area (Å²) in [6, 6.07) is 7.20. The molecule has 0 bridgehead atoms. The lowest BCUT2D eigenvalue weighted by Gasteiger charge is -2.36. The number of hydrogen-bond acceptors (Lipinski definition) is 6. The number of carbonyl (C=O) groups is 2. The van der Waals surface area contributed by atoms with Gasteiger partial charge in [-0.1, -0.05) is 44.0 Å². The number of nitrogens with one attached hydrogen (secondary N) is 2. The van der Waals surface area contributed by atoms with Gasteiger partial charge in [-0.15, -0.1) is 0 Å². The van der Waals surface area contributed by atoms with E-state index in [1.807, 2.05) is 17.0 Å². The molecule has 5 rings (SSSR count). The van der Waals surface area contributed by atoms with Crippen LogP contribution in [0, 0.1) is 0 Å². The van der Waals surface area contributed by atoms with Gasteiger partial charge in [0.1, 0.15) is 0 Å². The number of fused-ring (bicyclic) bond motifs is 1. The minimum atomic E-state index is -0.347. The molecule has 3 heterocycles. The molecule has 0 radical (unpaired) electrons. The maximum Gasteiger partial charge on any atom is 0.330 e. The highest BCUT2D eigenvalue weighted by Gasteiger charge is 2.34. The van der Waals surface area contributed by atoms with E-state index in [0.717, 1.165) is 29.7 Å². The lowest BCUT2D eigenvalue weighted by molar-refractivity contribution is -0.111. The Morgan fingerprint density at radius 3 is 2.71 bits per heavy atom. The van der Waals surface area contributed by atoms with E-state index in [-0.39, 0.29) is 11.9 Å². The molecular formula is C28H28N8O2. The van der Waals surface area contributed by atoms with Gasteiger partial charge in [0.05, 0.1) is 30.2 Å². The van der Waals surface area contributed by atoms with Crippen LogP contribution < -0.4 is 15.5 Å². The van der Waals surface area contributed by atoms with Crippen LogP contribution in [0.5, 0.6) is 0 Å². The number of nitrogens with zero attached hydrogens (tertiary/aromatic N) is 6. The molecule has 10 heteroatoms. The van der Waals surface area contributed by atoms with Crippen LogP contribution in [0.4, 0.5) is 33.6 Å². The molecule has 192 valence electrons. The largest absolute Gasteiger partial charge is 0.330 e. The molecule has 0 saturated heterocycles. The average Bonchev–Trinajstić information content (AvgIpc) is 3.67. The van der Waals surface area contributed by atoms with Gasteiger partial charge in [-0.2, -0.15) is 10.1 Å². The van der Waals surface area contributed by atoms with Gasteiger partial charge in [-0.25, -0.2) is 14.7 Å². The summed E-state index contributed by atoms with van der Waals surface area (Å²) >= 11 is 0. The highest BCUT2D eigenvalue weighted by molar-refractivity contribution is 6.03. The summed E-state index contributed by atoms with van der Waals surface area (Å²) in [6.45, 7) is 11.7. The van der Waals surface area contributed by atoms with Gasteiger partial charge in [-0.05, 0) is 42.7 Å². The zero-order valence-corrected chi connectivity index (χ0v) is 20.9. The van der Waals surface area contributed by atoms with Gasteiger partial charge >= 0.3 is 6.03 Å². The number of allylic oxidation sites excluding steroid dienone is 2. The number of anilines is 5. The second kappa shape index (κ2) is 10.6. The molecule has 0 unspecified atom stereocenters. The van der Waals surface area contributed by atoms with Gasteiger partial charge in [0.25, 0.3) is 0 Å². The Hall–Kier alpha value is -4.99. The van der Waals surface area contributed by atoms with E-state index in [0.29, 0.717) is 42.3 Å². The standard InChI is InChI=1S/C28H28N8O2/c1-4-8-19(5-2)16-34-17-20-14-29-27(32-22-15-30-35(18-22)23-11-12-23)33-26(20)36(28(34)38)24-10-7-9-21(13-24)31-25(37)6-3/h4-10,13-15,18,23H,1-3,11-12,16-17H2,(H,31,37)(H,29,32,33)/b19-8+. The van der Waals surface area contributed by atoms with Crippen molar-refractivity contribution in [3.63, 3.8) is 0 Å². The number of rotatable bonds is 10. The third-order valence-corrected chi connectivity index (χ3v) is 6.18. The van der Waals surface area contributed by atoms with Gasteiger partial charge < -0.3 is 15.5 Å². The third-order valence-electron chi connectivity index (χ3n) is 6.18. The zero-order valence-electron chi connectivity index (χ0n) is 20.9. The first kappa shape index (κ1) is 24.7. The Morgan fingerprint density at radius 2 is 1.97 bits per heavy atom. The van der Waals surface area contributed by atoms with Crippen molar-refractivity contribution in [1.82, 2.24) is 24.6 Å². The van der Waals surface area contributed by atoms with Gasteiger partial charge in [0.15, 0.2) is 5.82 Å². The molecular weight excluding hydrogens is 480 g/mol. The first-order chi connectivity index (χ1) is 18.5.